The molecule has 78 valence electrons. The highest BCUT2D eigenvalue weighted by atomic mass is 16.7. The van der Waals surface area contributed by atoms with E-state index >= 15 is 0 Å². The van der Waals surface area contributed by atoms with Crippen LogP contribution in [0.4, 0.5) is 0 Å². The van der Waals surface area contributed by atoms with Crippen molar-refractivity contribution in [1.29, 1.82) is 0 Å². The van der Waals surface area contributed by atoms with Crippen molar-refractivity contribution in [2.24, 2.45) is 5.92 Å². The van der Waals surface area contributed by atoms with Crippen LogP contribution in [0, 0.1) is 5.92 Å². The normalized spacial score (nSPS) is 15.8. The van der Waals surface area contributed by atoms with Crippen LogP contribution in [0.1, 0.15) is 26.2 Å². The predicted molar refractivity (Wildman–Crippen MR) is 54.0 cm³/mol. The highest BCUT2D eigenvalue weighted by Gasteiger charge is 2.17. The second kappa shape index (κ2) is 7.06. The molecule has 0 saturated heterocycles. The molecule has 0 saturated carbocycles. The van der Waals surface area contributed by atoms with Gasteiger partial charge >= 0.3 is 0 Å². The quantitative estimate of drug-likeness (QED) is 0.285. The van der Waals surface area contributed by atoms with E-state index in [9.17, 15) is 5.11 Å². The van der Waals surface area contributed by atoms with Gasteiger partial charge in [0.25, 0.3) is 0 Å². The van der Waals surface area contributed by atoms with Crippen molar-refractivity contribution in [3.05, 3.63) is 12.7 Å². The molecule has 2 atom stereocenters. The summed E-state index contributed by atoms with van der Waals surface area (Å²) in [4.78, 5) is 4.90. The fraction of sp³-hybridized carbons (Fsp3) is 0.800. The highest BCUT2D eigenvalue weighted by Crippen LogP contribution is 2.14. The molecular weight excluding hydrogens is 166 g/mol. The summed E-state index contributed by atoms with van der Waals surface area (Å²) in [6.45, 7) is 5.67. The molecule has 0 spiro atoms. The van der Waals surface area contributed by atoms with Gasteiger partial charge in [-0.1, -0.05) is 13.0 Å². The van der Waals surface area contributed by atoms with Crippen LogP contribution in [0.2, 0.25) is 0 Å². The summed E-state index contributed by atoms with van der Waals surface area (Å²) in [5.41, 5.74) is 0. The Morgan fingerprint density at radius 1 is 1.62 bits per heavy atom. The molecule has 3 nitrogen and oxygen atoms in total. The third-order valence-corrected chi connectivity index (χ3v) is 2.24. The van der Waals surface area contributed by atoms with Gasteiger partial charge in [0, 0.05) is 7.05 Å². The van der Waals surface area contributed by atoms with E-state index in [1.54, 1.807) is 14.2 Å². The van der Waals surface area contributed by atoms with Crippen molar-refractivity contribution in [2.75, 3.05) is 14.2 Å². The van der Waals surface area contributed by atoms with Crippen LogP contribution in [-0.4, -0.2) is 30.6 Å². The summed E-state index contributed by atoms with van der Waals surface area (Å²) in [7, 11) is 3.29. The minimum absolute atomic E-state index is 0.227. The maximum Gasteiger partial charge on any atom is 0.132 e. The summed E-state index contributed by atoms with van der Waals surface area (Å²) in [6, 6.07) is 0. The summed E-state index contributed by atoms with van der Waals surface area (Å²) in [5.74, 6) is 0.227. The molecule has 13 heavy (non-hydrogen) atoms. The molecule has 0 aromatic carbocycles. The highest BCUT2D eigenvalue weighted by molar-refractivity contribution is 4.68. The molecule has 3 heteroatoms. The van der Waals surface area contributed by atoms with E-state index in [1.165, 1.54) is 5.06 Å². The van der Waals surface area contributed by atoms with Gasteiger partial charge in [0.15, 0.2) is 0 Å². The fourth-order valence-corrected chi connectivity index (χ4v) is 1.20. The van der Waals surface area contributed by atoms with E-state index in [0.29, 0.717) is 0 Å². The minimum Gasteiger partial charge on any atom is -0.376 e. The molecule has 0 aliphatic heterocycles. The first-order valence-electron chi connectivity index (χ1n) is 4.69. The summed E-state index contributed by atoms with van der Waals surface area (Å²) < 4.78 is 0. The zero-order chi connectivity index (χ0) is 10.3. The second-order valence-electron chi connectivity index (χ2n) is 3.34. The SMILES string of the molecule is C=CCCCC(C)C(O)N(C)OC. The lowest BCUT2D eigenvalue weighted by molar-refractivity contribution is -0.219. The van der Waals surface area contributed by atoms with Crippen molar-refractivity contribution in [2.45, 2.75) is 32.4 Å². The van der Waals surface area contributed by atoms with Crippen LogP contribution in [0.3, 0.4) is 0 Å². The first kappa shape index (κ1) is 12.6. The maximum absolute atomic E-state index is 9.66. The van der Waals surface area contributed by atoms with Gasteiger partial charge in [-0.3, -0.25) is 0 Å². The molecule has 0 heterocycles. The van der Waals surface area contributed by atoms with E-state index in [0.717, 1.165) is 19.3 Å². The third-order valence-electron chi connectivity index (χ3n) is 2.24. The number of aliphatic hydroxyl groups is 1. The van der Waals surface area contributed by atoms with Crippen LogP contribution in [-0.2, 0) is 4.84 Å². The number of allylic oxidation sites excluding steroid dienone is 1. The maximum atomic E-state index is 9.66. The van der Waals surface area contributed by atoms with Crippen molar-refractivity contribution < 1.29 is 9.94 Å². The molecule has 1 N–H and O–H groups in total. The van der Waals surface area contributed by atoms with Gasteiger partial charge in [0.1, 0.15) is 6.23 Å². The van der Waals surface area contributed by atoms with Crippen molar-refractivity contribution >= 4 is 0 Å². The number of nitrogens with zero attached hydrogens (tertiary/aromatic N) is 1. The lowest BCUT2D eigenvalue weighted by Gasteiger charge is -2.26. The summed E-state index contributed by atoms with van der Waals surface area (Å²) >= 11 is 0. The van der Waals surface area contributed by atoms with Gasteiger partial charge in [-0.15, -0.1) is 6.58 Å². The monoisotopic (exact) mass is 187 g/mol. The second-order valence-corrected chi connectivity index (χ2v) is 3.34. The Hall–Kier alpha value is -0.380. The molecule has 0 aromatic rings. The molecule has 0 aliphatic rings. The van der Waals surface area contributed by atoms with E-state index in [2.05, 4.69) is 6.58 Å². The van der Waals surface area contributed by atoms with Gasteiger partial charge in [-0.25, -0.2) is 0 Å². The Labute approximate surface area is 81.0 Å². The third kappa shape index (κ3) is 5.03. The molecule has 2 unspecified atom stereocenters. The molecule has 0 aliphatic carbocycles. The van der Waals surface area contributed by atoms with Crippen molar-refractivity contribution in [3.8, 4) is 0 Å². The largest absolute Gasteiger partial charge is 0.376 e. The first-order chi connectivity index (χ1) is 6.13. The van der Waals surface area contributed by atoms with Gasteiger partial charge in [0.2, 0.25) is 0 Å². The van der Waals surface area contributed by atoms with Gasteiger partial charge in [-0.2, -0.15) is 5.06 Å². The van der Waals surface area contributed by atoms with Crippen LogP contribution in [0.25, 0.3) is 0 Å². The average Bonchev–Trinajstić information content (AvgIpc) is 2.15. The lowest BCUT2D eigenvalue weighted by Crippen LogP contribution is -2.35. The number of rotatable bonds is 7. The van der Waals surface area contributed by atoms with Gasteiger partial charge in [0.05, 0.1) is 7.11 Å². The number of hydrogen-bond acceptors (Lipinski definition) is 3. The Morgan fingerprint density at radius 2 is 2.23 bits per heavy atom. The van der Waals surface area contributed by atoms with Crippen LogP contribution >= 0.6 is 0 Å². The summed E-state index contributed by atoms with van der Waals surface area (Å²) in [6.07, 6.45) is 4.45. The Kier molecular flexibility index (Phi) is 6.86. The van der Waals surface area contributed by atoms with Crippen LogP contribution < -0.4 is 0 Å². The molecular formula is C10H21NO2. The Balaban J connectivity index is 3.67. The van der Waals surface area contributed by atoms with E-state index in [-0.39, 0.29) is 5.92 Å². The van der Waals surface area contributed by atoms with Crippen LogP contribution in [0.5, 0.6) is 0 Å². The average molecular weight is 187 g/mol. The zero-order valence-electron chi connectivity index (χ0n) is 8.86. The number of hydroxylamine groups is 2. The summed E-state index contributed by atoms with van der Waals surface area (Å²) in [5, 5.41) is 11.1. The van der Waals surface area contributed by atoms with Crippen molar-refractivity contribution in [3.63, 3.8) is 0 Å². The first-order valence-corrected chi connectivity index (χ1v) is 4.69. The van der Waals surface area contributed by atoms with Gasteiger partial charge < -0.3 is 9.94 Å². The van der Waals surface area contributed by atoms with Crippen molar-refractivity contribution in [1.82, 2.24) is 5.06 Å². The lowest BCUT2D eigenvalue weighted by atomic mass is 10.0. The van der Waals surface area contributed by atoms with E-state index in [1.807, 2.05) is 13.0 Å². The molecule has 0 rings (SSSR count). The Morgan fingerprint density at radius 3 is 2.69 bits per heavy atom. The number of aliphatic hydroxyl groups excluding tert-OH is 1. The molecule has 0 aromatic heterocycles. The fourth-order valence-electron chi connectivity index (χ4n) is 1.20. The number of hydrogen-bond donors (Lipinski definition) is 1. The smallest absolute Gasteiger partial charge is 0.132 e. The molecule has 0 bridgehead atoms. The number of unbranched alkanes of at least 4 members (excludes halogenated alkanes) is 1. The molecule has 0 radical (unpaired) electrons. The molecule has 0 amide bonds. The zero-order valence-corrected chi connectivity index (χ0v) is 8.86. The topological polar surface area (TPSA) is 32.7 Å². The Bertz CT molecular complexity index is 139. The molecule has 0 fully saturated rings. The standard InChI is InChI=1S/C10H21NO2/c1-5-6-7-8-9(2)10(12)11(3)13-4/h5,9-10,12H,1,6-8H2,2-4H3. The van der Waals surface area contributed by atoms with E-state index < -0.39 is 6.23 Å². The van der Waals surface area contributed by atoms with E-state index in [4.69, 9.17) is 4.84 Å². The van der Waals surface area contributed by atoms with Crippen LogP contribution in [0.15, 0.2) is 12.7 Å². The predicted octanol–water partition coefficient (Wildman–Crippen LogP) is 1.79. The van der Waals surface area contributed by atoms with Gasteiger partial charge in [-0.05, 0) is 25.2 Å². The minimum atomic E-state index is -0.519.